The van der Waals surface area contributed by atoms with Crippen LogP contribution in [0.5, 0.6) is 0 Å². The number of ether oxygens (including phenoxy) is 2. The molecule has 30 heavy (non-hydrogen) atoms. The fourth-order valence-corrected chi connectivity index (χ4v) is 3.91. The number of methoxy groups -OCH3 is 1. The van der Waals surface area contributed by atoms with Gasteiger partial charge in [0, 0.05) is 5.56 Å². The summed E-state index contributed by atoms with van der Waals surface area (Å²) in [4.78, 5) is 37.4. The van der Waals surface area contributed by atoms with Crippen molar-refractivity contribution in [2.75, 3.05) is 19.0 Å². The minimum Gasteiger partial charge on any atom is -0.465 e. The third-order valence-corrected chi connectivity index (χ3v) is 5.58. The number of nitrogens with zero attached hydrogens (tertiary/aromatic N) is 1. The normalized spacial score (nSPS) is 10.5. The van der Waals surface area contributed by atoms with Crippen molar-refractivity contribution in [1.82, 2.24) is 10.2 Å². The molecule has 0 saturated heterocycles. The van der Waals surface area contributed by atoms with E-state index in [9.17, 15) is 14.4 Å². The van der Waals surface area contributed by atoms with Crippen LogP contribution in [-0.2, 0) is 9.47 Å². The van der Waals surface area contributed by atoms with Crippen LogP contribution in [0.3, 0.4) is 0 Å². The number of esters is 2. The molecule has 8 nitrogen and oxygen atoms in total. The lowest BCUT2D eigenvalue weighted by molar-refractivity contribution is 0.0531. The molecule has 1 aromatic carbocycles. The molecule has 9 heteroatoms. The van der Waals surface area contributed by atoms with Gasteiger partial charge in [0.1, 0.15) is 15.6 Å². The number of rotatable bonds is 6. The Balaban J connectivity index is 1.89. The summed E-state index contributed by atoms with van der Waals surface area (Å²) in [7, 11) is 1.23. The number of hydrogen-bond donors (Lipinski definition) is 2. The van der Waals surface area contributed by atoms with E-state index < -0.39 is 17.8 Å². The molecule has 0 unspecified atom stereocenters. The van der Waals surface area contributed by atoms with E-state index in [-0.39, 0.29) is 27.7 Å². The molecule has 1 amide bonds. The summed E-state index contributed by atoms with van der Waals surface area (Å²) in [5, 5.41) is 9.76. The van der Waals surface area contributed by atoms with E-state index in [0.29, 0.717) is 11.3 Å². The first-order valence-electron chi connectivity index (χ1n) is 9.18. The van der Waals surface area contributed by atoms with Crippen molar-refractivity contribution >= 4 is 34.2 Å². The van der Waals surface area contributed by atoms with Crippen molar-refractivity contribution < 1.29 is 23.9 Å². The monoisotopic (exact) mass is 427 g/mol. The third-order valence-electron chi connectivity index (χ3n) is 4.39. The van der Waals surface area contributed by atoms with Gasteiger partial charge >= 0.3 is 11.9 Å². The Kier molecular flexibility index (Phi) is 6.31. The number of anilines is 1. The van der Waals surface area contributed by atoms with E-state index in [0.717, 1.165) is 22.5 Å². The summed E-state index contributed by atoms with van der Waals surface area (Å²) in [6.07, 6.45) is 0. The lowest BCUT2D eigenvalue weighted by atomic mass is 10.1. The third kappa shape index (κ3) is 4.25. The topological polar surface area (TPSA) is 110 Å². The largest absolute Gasteiger partial charge is 0.465 e. The highest BCUT2D eigenvalue weighted by Gasteiger charge is 2.27. The lowest BCUT2D eigenvalue weighted by Gasteiger charge is -2.04. The van der Waals surface area contributed by atoms with Crippen LogP contribution in [0.25, 0.3) is 11.3 Å². The quantitative estimate of drug-likeness (QED) is 0.576. The molecule has 0 aliphatic carbocycles. The summed E-state index contributed by atoms with van der Waals surface area (Å²) in [6, 6.07) is 9.35. The van der Waals surface area contributed by atoms with Crippen LogP contribution in [0.1, 0.15) is 48.6 Å². The molecule has 0 atom stereocenters. The summed E-state index contributed by atoms with van der Waals surface area (Å²) in [5.41, 5.74) is 3.33. The maximum absolute atomic E-state index is 12.7. The molecule has 2 heterocycles. The highest BCUT2D eigenvalue weighted by Crippen LogP contribution is 2.34. The summed E-state index contributed by atoms with van der Waals surface area (Å²) >= 11 is 0.964. The number of benzene rings is 1. The maximum Gasteiger partial charge on any atom is 0.348 e. The molecular formula is C21H21N3O5S. The van der Waals surface area contributed by atoms with Crippen molar-refractivity contribution in [3.05, 3.63) is 57.6 Å². The first kappa shape index (κ1) is 21.3. The molecule has 3 aromatic rings. The maximum atomic E-state index is 12.7. The van der Waals surface area contributed by atoms with E-state index in [1.54, 1.807) is 19.9 Å². The minimum atomic E-state index is -0.653. The Bertz CT molecular complexity index is 1100. The van der Waals surface area contributed by atoms with Crippen molar-refractivity contribution in [2.45, 2.75) is 20.8 Å². The van der Waals surface area contributed by atoms with Gasteiger partial charge in [0.25, 0.3) is 5.91 Å². The predicted octanol–water partition coefficient (Wildman–Crippen LogP) is 3.97. The Morgan fingerprint density at radius 1 is 1.13 bits per heavy atom. The highest BCUT2D eigenvalue weighted by atomic mass is 32.1. The van der Waals surface area contributed by atoms with Crippen LogP contribution in [0.15, 0.2) is 30.3 Å². The molecule has 0 aliphatic rings. The second kappa shape index (κ2) is 8.91. The van der Waals surface area contributed by atoms with Gasteiger partial charge in [-0.15, -0.1) is 11.3 Å². The number of carbonyl (C=O) groups excluding carboxylic acids is 3. The fourth-order valence-electron chi connectivity index (χ4n) is 2.82. The smallest absolute Gasteiger partial charge is 0.348 e. The number of nitrogens with one attached hydrogen (secondary N) is 2. The lowest BCUT2D eigenvalue weighted by Crippen LogP contribution is -2.14. The Labute approximate surface area is 177 Å². The average molecular weight is 427 g/mol. The number of thiophene rings is 1. The number of aryl methyl sites for hydroxylation is 1. The summed E-state index contributed by atoms with van der Waals surface area (Å²) in [6.45, 7) is 5.48. The first-order chi connectivity index (χ1) is 14.3. The van der Waals surface area contributed by atoms with Gasteiger partial charge in [-0.2, -0.15) is 5.10 Å². The number of H-pyrrole nitrogens is 1. The van der Waals surface area contributed by atoms with Crippen molar-refractivity contribution in [2.24, 2.45) is 0 Å². The molecule has 156 valence electrons. The second-order valence-electron chi connectivity index (χ2n) is 6.46. The molecule has 0 aliphatic heterocycles. The zero-order valence-corrected chi connectivity index (χ0v) is 17.8. The minimum absolute atomic E-state index is 0.122. The van der Waals surface area contributed by atoms with Crippen LogP contribution >= 0.6 is 11.3 Å². The van der Waals surface area contributed by atoms with Crippen LogP contribution in [0.4, 0.5) is 5.00 Å². The first-order valence-corrected chi connectivity index (χ1v) is 10.00. The SMILES string of the molecule is CCOC(=O)c1sc(NC(=O)c2cc(-c3ccc(C)cc3)n[nH]2)c(C(=O)OC)c1C. The van der Waals surface area contributed by atoms with E-state index in [1.807, 2.05) is 31.2 Å². The van der Waals surface area contributed by atoms with Gasteiger partial charge in [-0.05, 0) is 32.4 Å². The summed E-state index contributed by atoms with van der Waals surface area (Å²) in [5.74, 6) is -1.71. The second-order valence-corrected chi connectivity index (χ2v) is 7.48. The number of aromatic amines is 1. The van der Waals surface area contributed by atoms with Gasteiger partial charge < -0.3 is 14.8 Å². The van der Waals surface area contributed by atoms with E-state index in [2.05, 4.69) is 15.5 Å². The molecule has 0 bridgehead atoms. The van der Waals surface area contributed by atoms with E-state index in [1.165, 1.54) is 7.11 Å². The predicted molar refractivity (Wildman–Crippen MR) is 113 cm³/mol. The fraction of sp³-hybridized carbons (Fsp3) is 0.238. The van der Waals surface area contributed by atoms with Crippen LogP contribution in [0, 0.1) is 13.8 Å². The number of carbonyl (C=O) groups is 3. The molecule has 0 radical (unpaired) electrons. The highest BCUT2D eigenvalue weighted by molar-refractivity contribution is 7.18. The standard InChI is InChI=1S/C21H21N3O5S/c1-5-29-21(27)17-12(3)16(20(26)28-4)19(30-17)22-18(25)15-10-14(23-24-15)13-8-6-11(2)7-9-13/h6-10H,5H2,1-4H3,(H,22,25)(H,23,24). The Morgan fingerprint density at radius 2 is 1.83 bits per heavy atom. The molecular weight excluding hydrogens is 406 g/mol. The van der Waals surface area contributed by atoms with Crippen LogP contribution in [0.2, 0.25) is 0 Å². The van der Waals surface area contributed by atoms with Gasteiger partial charge in [-0.1, -0.05) is 29.8 Å². The van der Waals surface area contributed by atoms with Crippen molar-refractivity contribution in [1.29, 1.82) is 0 Å². The van der Waals surface area contributed by atoms with Crippen LogP contribution in [-0.4, -0.2) is 41.8 Å². The van der Waals surface area contributed by atoms with E-state index in [4.69, 9.17) is 9.47 Å². The van der Waals surface area contributed by atoms with E-state index >= 15 is 0 Å². The summed E-state index contributed by atoms with van der Waals surface area (Å²) < 4.78 is 9.85. The Hall–Kier alpha value is -3.46. The zero-order chi connectivity index (χ0) is 21.8. The van der Waals surface area contributed by atoms with Crippen molar-refractivity contribution in [3.63, 3.8) is 0 Å². The number of aromatic nitrogens is 2. The number of hydrogen-bond acceptors (Lipinski definition) is 7. The zero-order valence-electron chi connectivity index (χ0n) is 17.0. The van der Waals surface area contributed by atoms with Gasteiger partial charge in [0.15, 0.2) is 0 Å². The average Bonchev–Trinajstić information content (AvgIpc) is 3.33. The van der Waals surface area contributed by atoms with Gasteiger partial charge in [0.05, 0.1) is 25.0 Å². The molecule has 2 N–H and O–H groups in total. The molecule has 0 spiro atoms. The van der Waals surface area contributed by atoms with Crippen LogP contribution < -0.4 is 5.32 Å². The van der Waals surface area contributed by atoms with Gasteiger partial charge in [-0.3, -0.25) is 9.89 Å². The van der Waals surface area contributed by atoms with Gasteiger partial charge in [-0.25, -0.2) is 9.59 Å². The molecule has 2 aromatic heterocycles. The van der Waals surface area contributed by atoms with Gasteiger partial charge in [0.2, 0.25) is 0 Å². The Morgan fingerprint density at radius 3 is 2.47 bits per heavy atom. The molecule has 3 rings (SSSR count). The molecule has 0 saturated carbocycles. The van der Waals surface area contributed by atoms with Crippen molar-refractivity contribution in [3.8, 4) is 11.3 Å². The molecule has 0 fully saturated rings. The number of amides is 1.